The molecule has 1 aliphatic rings. The molecule has 5 rings (SSSR count). The summed E-state index contributed by atoms with van der Waals surface area (Å²) in [6.07, 6.45) is 1.82. The number of hydrogen-bond acceptors (Lipinski definition) is 5. The highest BCUT2D eigenvalue weighted by molar-refractivity contribution is 7.12. The van der Waals surface area contributed by atoms with Crippen molar-refractivity contribution in [2.75, 3.05) is 16.8 Å². The number of anilines is 2. The topological polar surface area (TPSA) is 80.1 Å². The predicted molar refractivity (Wildman–Crippen MR) is 139 cm³/mol. The van der Waals surface area contributed by atoms with Crippen LogP contribution in [0.3, 0.4) is 0 Å². The zero-order valence-electron chi connectivity index (χ0n) is 20.2. The monoisotopic (exact) mass is 485 g/mol. The minimum Gasteiger partial charge on any atom is -0.312 e. The standard InChI is InChI=1S/C27H27N5O2S/c1-16-5-8-20(9-6-16)23-15-35-27(29-23)32-19(4)28-13-24(32)30-26(34)21-12-25(33)31(14-21)22-10-7-17(2)18(3)11-22/h5-11,13,15,21H,12,14H2,1-4H3,(H,30,34). The molecular weight excluding hydrogens is 458 g/mol. The van der Waals surface area contributed by atoms with Crippen LogP contribution in [0.2, 0.25) is 0 Å². The van der Waals surface area contributed by atoms with Crippen LogP contribution in [0.1, 0.15) is 28.9 Å². The van der Waals surface area contributed by atoms with Crippen LogP contribution in [0.15, 0.2) is 54.0 Å². The first kappa shape index (κ1) is 23.0. The zero-order valence-corrected chi connectivity index (χ0v) is 21.0. The summed E-state index contributed by atoms with van der Waals surface area (Å²) >= 11 is 1.49. The first-order valence-corrected chi connectivity index (χ1v) is 12.4. The van der Waals surface area contributed by atoms with E-state index in [1.807, 2.05) is 48.9 Å². The van der Waals surface area contributed by atoms with Crippen molar-refractivity contribution < 1.29 is 9.59 Å². The van der Waals surface area contributed by atoms with Gasteiger partial charge in [-0.3, -0.25) is 14.2 Å². The lowest BCUT2D eigenvalue weighted by Gasteiger charge is -2.18. The van der Waals surface area contributed by atoms with E-state index in [9.17, 15) is 9.59 Å². The Kier molecular flexibility index (Phi) is 5.98. The fourth-order valence-corrected chi connectivity index (χ4v) is 5.15. The largest absolute Gasteiger partial charge is 0.312 e. The molecule has 178 valence electrons. The number of nitrogens with zero attached hydrogens (tertiary/aromatic N) is 4. The molecule has 0 aliphatic carbocycles. The van der Waals surface area contributed by atoms with Gasteiger partial charge in [-0.25, -0.2) is 9.97 Å². The van der Waals surface area contributed by atoms with Gasteiger partial charge in [0, 0.05) is 29.6 Å². The third-order valence-electron chi connectivity index (χ3n) is 6.52. The van der Waals surface area contributed by atoms with Gasteiger partial charge in [0.15, 0.2) is 5.13 Å². The van der Waals surface area contributed by atoms with Crippen LogP contribution < -0.4 is 10.2 Å². The lowest BCUT2D eigenvalue weighted by molar-refractivity contribution is -0.122. The molecular formula is C27H27N5O2S. The number of hydrogen-bond donors (Lipinski definition) is 1. The molecule has 7 nitrogen and oxygen atoms in total. The molecule has 3 heterocycles. The van der Waals surface area contributed by atoms with Gasteiger partial charge in [0.1, 0.15) is 11.6 Å². The molecule has 1 aliphatic heterocycles. The first-order chi connectivity index (χ1) is 16.8. The average molecular weight is 486 g/mol. The molecule has 1 atom stereocenters. The van der Waals surface area contributed by atoms with Crippen LogP contribution in [0, 0.1) is 33.6 Å². The van der Waals surface area contributed by atoms with Gasteiger partial charge in [-0.05, 0) is 51.0 Å². The molecule has 0 saturated carbocycles. The van der Waals surface area contributed by atoms with Crippen molar-refractivity contribution in [3.63, 3.8) is 0 Å². The number of amides is 2. The molecule has 1 fully saturated rings. The maximum absolute atomic E-state index is 13.2. The lowest BCUT2D eigenvalue weighted by atomic mass is 10.1. The molecule has 1 saturated heterocycles. The second-order valence-corrected chi connectivity index (χ2v) is 9.91. The minimum absolute atomic E-state index is 0.0410. The first-order valence-electron chi connectivity index (χ1n) is 11.6. The number of aryl methyl sites for hydroxylation is 4. The van der Waals surface area contributed by atoms with E-state index in [1.54, 1.807) is 11.1 Å². The van der Waals surface area contributed by atoms with Gasteiger partial charge in [0.2, 0.25) is 11.8 Å². The van der Waals surface area contributed by atoms with Crippen LogP contribution in [-0.2, 0) is 9.59 Å². The van der Waals surface area contributed by atoms with Crippen molar-refractivity contribution >= 4 is 34.7 Å². The van der Waals surface area contributed by atoms with Gasteiger partial charge >= 0.3 is 0 Å². The van der Waals surface area contributed by atoms with Crippen molar-refractivity contribution in [2.24, 2.45) is 5.92 Å². The van der Waals surface area contributed by atoms with Gasteiger partial charge in [-0.2, -0.15) is 0 Å². The highest BCUT2D eigenvalue weighted by atomic mass is 32.1. The second-order valence-electron chi connectivity index (χ2n) is 9.07. The number of nitrogens with one attached hydrogen (secondary N) is 1. The van der Waals surface area contributed by atoms with Crippen LogP contribution in [-0.4, -0.2) is 32.9 Å². The van der Waals surface area contributed by atoms with E-state index in [-0.39, 0.29) is 18.2 Å². The Morgan fingerprint density at radius 2 is 1.83 bits per heavy atom. The molecule has 2 aromatic heterocycles. The van der Waals surface area contributed by atoms with Gasteiger partial charge in [-0.1, -0.05) is 35.9 Å². The Morgan fingerprint density at radius 1 is 1.06 bits per heavy atom. The molecule has 0 bridgehead atoms. The van der Waals surface area contributed by atoms with Crippen molar-refractivity contribution in [2.45, 2.75) is 34.1 Å². The van der Waals surface area contributed by atoms with Crippen molar-refractivity contribution in [3.05, 3.63) is 76.6 Å². The SMILES string of the molecule is Cc1ccc(-c2csc(-n3c(NC(=O)C4CC(=O)N(c5ccc(C)c(C)c5)C4)cnc3C)n2)cc1. The van der Waals surface area contributed by atoms with Crippen LogP contribution in [0.5, 0.6) is 0 Å². The predicted octanol–water partition coefficient (Wildman–Crippen LogP) is 5.22. The van der Waals surface area contributed by atoms with Crippen LogP contribution >= 0.6 is 11.3 Å². The number of aromatic nitrogens is 3. The minimum atomic E-state index is -0.438. The Balaban J connectivity index is 1.34. The number of thiazole rings is 1. The molecule has 2 amide bonds. The van der Waals surface area contributed by atoms with Gasteiger partial charge < -0.3 is 10.2 Å². The maximum atomic E-state index is 13.2. The Bertz CT molecular complexity index is 1420. The summed E-state index contributed by atoms with van der Waals surface area (Å²) in [5.74, 6) is 0.604. The van der Waals surface area contributed by atoms with E-state index in [4.69, 9.17) is 4.98 Å². The van der Waals surface area contributed by atoms with Gasteiger partial charge in [0.05, 0.1) is 17.8 Å². The van der Waals surface area contributed by atoms with Crippen molar-refractivity contribution in [1.82, 2.24) is 14.5 Å². The lowest BCUT2D eigenvalue weighted by Crippen LogP contribution is -2.28. The van der Waals surface area contributed by atoms with Crippen molar-refractivity contribution in [3.8, 4) is 16.4 Å². The summed E-state index contributed by atoms with van der Waals surface area (Å²) < 4.78 is 1.85. The Hall–Kier alpha value is -3.78. The molecule has 1 N–H and O–H groups in total. The van der Waals surface area contributed by atoms with Crippen LogP contribution in [0.4, 0.5) is 11.5 Å². The maximum Gasteiger partial charge on any atom is 0.230 e. The highest BCUT2D eigenvalue weighted by Crippen LogP contribution is 2.30. The summed E-state index contributed by atoms with van der Waals surface area (Å²) in [5, 5.41) is 5.72. The smallest absolute Gasteiger partial charge is 0.230 e. The highest BCUT2D eigenvalue weighted by Gasteiger charge is 2.35. The van der Waals surface area contributed by atoms with E-state index < -0.39 is 5.92 Å². The fraction of sp³-hybridized carbons (Fsp3) is 0.259. The number of carbonyl (C=O) groups is 2. The van der Waals surface area contributed by atoms with E-state index in [2.05, 4.69) is 41.5 Å². The molecule has 8 heteroatoms. The van der Waals surface area contributed by atoms with E-state index in [1.165, 1.54) is 22.5 Å². The number of rotatable bonds is 5. The molecule has 1 unspecified atom stereocenters. The molecule has 0 spiro atoms. The van der Waals surface area contributed by atoms with Gasteiger partial charge in [0.25, 0.3) is 0 Å². The summed E-state index contributed by atoms with van der Waals surface area (Å²) in [5.41, 5.74) is 6.24. The third kappa shape index (κ3) is 4.49. The number of benzene rings is 2. The quantitative estimate of drug-likeness (QED) is 0.420. The van der Waals surface area contributed by atoms with Gasteiger partial charge in [-0.15, -0.1) is 11.3 Å². The van der Waals surface area contributed by atoms with Crippen LogP contribution in [0.25, 0.3) is 16.4 Å². The second kappa shape index (κ2) is 9.11. The normalized spacial score (nSPS) is 15.6. The summed E-state index contributed by atoms with van der Waals surface area (Å²) in [7, 11) is 0. The summed E-state index contributed by atoms with van der Waals surface area (Å²) in [4.78, 5) is 36.8. The number of carbonyl (C=O) groups excluding carboxylic acids is 2. The molecule has 0 radical (unpaired) electrons. The summed E-state index contributed by atoms with van der Waals surface area (Å²) in [6, 6.07) is 14.2. The Labute approximate surface area is 208 Å². The van der Waals surface area contributed by atoms with E-state index in [0.717, 1.165) is 33.5 Å². The third-order valence-corrected chi connectivity index (χ3v) is 7.34. The van der Waals surface area contributed by atoms with Crippen molar-refractivity contribution in [1.29, 1.82) is 0 Å². The molecule has 2 aromatic carbocycles. The molecule has 4 aromatic rings. The summed E-state index contributed by atoms with van der Waals surface area (Å²) in [6.45, 7) is 8.35. The molecule has 35 heavy (non-hydrogen) atoms. The average Bonchev–Trinajstić information content (AvgIpc) is 3.55. The Morgan fingerprint density at radius 3 is 2.57 bits per heavy atom. The number of imidazole rings is 1. The zero-order chi connectivity index (χ0) is 24.7. The fourth-order valence-electron chi connectivity index (χ4n) is 4.25. The van der Waals surface area contributed by atoms with E-state index in [0.29, 0.717) is 12.4 Å². The van der Waals surface area contributed by atoms with E-state index >= 15 is 0 Å².